The first-order valence-electron chi connectivity index (χ1n) is 12.4. The zero-order valence-corrected chi connectivity index (χ0v) is 22.3. The molecule has 0 bridgehead atoms. The third-order valence-electron chi connectivity index (χ3n) is 7.18. The smallest absolute Gasteiger partial charge is 0.378 e. The summed E-state index contributed by atoms with van der Waals surface area (Å²) in [5.41, 5.74) is -0.571. The number of alkyl halides is 3. The van der Waals surface area contributed by atoms with Gasteiger partial charge in [-0.05, 0) is 29.8 Å². The van der Waals surface area contributed by atoms with Gasteiger partial charge in [0.1, 0.15) is 11.8 Å². The highest BCUT2D eigenvalue weighted by Crippen LogP contribution is 2.54. The number of hydrogen-bond acceptors (Lipinski definition) is 8. The van der Waals surface area contributed by atoms with E-state index in [1.54, 1.807) is 29.4 Å². The van der Waals surface area contributed by atoms with Crippen LogP contribution in [0.5, 0.6) is 0 Å². The largest absolute Gasteiger partial charge is 0.416 e. The predicted octanol–water partition coefficient (Wildman–Crippen LogP) is 2.98. The van der Waals surface area contributed by atoms with Crippen LogP contribution in [0.2, 0.25) is 0 Å². The van der Waals surface area contributed by atoms with Crippen LogP contribution in [0.15, 0.2) is 58.6 Å². The molecule has 5 heterocycles. The first kappa shape index (κ1) is 26.7. The number of fused-ring (bicyclic) bond motifs is 2. The van der Waals surface area contributed by atoms with E-state index in [4.69, 9.17) is 4.74 Å². The number of halogens is 3. The van der Waals surface area contributed by atoms with E-state index < -0.39 is 45.5 Å². The topological polar surface area (TPSA) is 102 Å². The van der Waals surface area contributed by atoms with Crippen molar-refractivity contribution in [2.75, 3.05) is 31.2 Å². The number of thiazole rings is 1. The molecule has 2 fully saturated rings. The lowest BCUT2D eigenvalue weighted by Gasteiger charge is -2.31. The van der Waals surface area contributed by atoms with Crippen LogP contribution in [0, 0.1) is 5.92 Å². The first-order valence-corrected chi connectivity index (χ1v) is 14.1. The highest BCUT2D eigenvalue weighted by atomic mass is 32.2. The Morgan fingerprint density at radius 1 is 1.07 bits per heavy atom. The number of morpholine rings is 1. The van der Waals surface area contributed by atoms with Crippen LogP contribution >= 0.6 is 23.1 Å². The SMILES string of the molecule is O=C(Cn1c2c(sc1=O)[C@@H](c1cccnc1)[C@H]1C(=O)N(c3cccc(C(F)(F)F)c3)C(=O)[C@H]1S2)N1CCOCC1. The average Bonchev–Trinajstić information content (AvgIpc) is 3.39. The van der Waals surface area contributed by atoms with Crippen LogP contribution in [-0.4, -0.2) is 63.7 Å². The number of pyridine rings is 1. The Balaban J connectivity index is 1.42. The zero-order chi connectivity index (χ0) is 28.2. The van der Waals surface area contributed by atoms with E-state index in [1.807, 2.05) is 0 Å². The maximum atomic E-state index is 13.8. The molecule has 0 unspecified atom stereocenters. The normalized spacial score (nSPS) is 22.8. The Labute approximate surface area is 233 Å². The molecule has 0 spiro atoms. The van der Waals surface area contributed by atoms with E-state index in [9.17, 15) is 32.3 Å². The van der Waals surface area contributed by atoms with E-state index in [-0.39, 0.29) is 18.1 Å². The fourth-order valence-corrected chi connectivity index (χ4v) is 8.07. The number of ether oxygens (including phenoxy) is 1. The number of nitrogens with zero attached hydrogens (tertiary/aromatic N) is 4. The number of imide groups is 1. The maximum Gasteiger partial charge on any atom is 0.416 e. The molecule has 0 saturated carbocycles. The van der Waals surface area contributed by atoms with Gasteiger partial charge in [-0.25, -0.2) is 4.90 Å². The van der Waals surface area contributed by atoms with E-state index >= 15 is 0 Å². The minimum Gasteiger partial charge on any atom is -0.378 e. The molecule has 1 aromatic carbocycles. The van der Waals surface area contributed by atoms with Crippen molar-refractivity contribution in [3.8, 4) is 0 Å². The molecule has 3 aromatic rings. The zero-order valence-electron chi connectivity index (χ0n) is 20.7. The summed E-state index contributed by atoms with van der Waals surface area (Å²) in [6.45, 7) is 1.34. The Morgan fingerprint density at radius 3 is 2.55 bits per heavy atom. The van der Waals surface area contributed by atoms with Crippen molar-refractivity contribution < 1.29 is 32.3 Å². The molecule has 3 amide bonds. The summed E-state index contributed by atoms with van der Waals surface area (Å²) in [6.07, 6.45) is -1.57. The van der Waals surface area contributed by atoms with Crippen molar-refractivity contribution in [2.45, 2.75) is 28.9 Å². The van der Waals surface area contributed by atoms with Gasteiger partial charge in [0.15, 0.2) is 0 Å². The molecule has 0 N–H and O–H groups in total. The lowest BCUT2D eigenvalue weighted by atomic mass is 9.84. The Bertz CT molecular complexity index is 1550. The number of anilines is 1. The van der Waals surface area contributed by atoms with Gasteiger partial charge in [-0.1, -0.05) is 35.2 Å². The van der Waals surface area contributed by atoms with Crippen molar-refractivity contribution in [3.63, 3.8) is 0 Å². The minimum atomic E-state index is -4.66. The molecule has 3 aliphatic heterocycles. The molecule has 40 heavy (non-hydrogen) atoms. The highest BCUT2D eigenvalue weighted by Gasteiger charge is 2.57. The Hall–Kier alpha value is -3.49. The second-order valence-corrected chi connectivity index (χ2v) is 11.6. The summed E-state index contributed by atoms with van der Waals surface area (Å²) >= 11 is 1.90. The van der Waals surface area contributed by atoms with Crippen molar-refractivity contribution in [1.29, 1.82) is 0 Å². The first-order chi connectivity index (χ1) is 19.1. The van der Waals surface area contributed by atoms with Crippen molar-refractivity contribution in [2.24, 2.45) is 5.92 Å². The minimum absolute atomic E-state index is 0.173. The number of rotatable bonds is 4. The molecule has 3 atom stereocenters. The standard InChI is InChI=1S/C26H21F3N4O5S2/c27-26(28,29)15-4-1-5-16(11-15)33-22(35)19-18(14-3-2-6-30-12-14)21-24(39-20(19)23(33)36)32(25(37)40-21)13-17(34)31-7-9-38-10-8-31/h1-6,11-12,18-20H,7-10,13H2/t18-,19+,20-/m0/s1. The molecular formula is C26H21F3N4O5S2. The number of aromatic nitrogens is 2. The second kappa shape index (κ2) is 10.2. The van der Waals surface area contributed by atoms with Gasteiger partial charge in [0.25, 0.3) is 0 Å². The fraction of sp³-hybridized carbons (Fsp3) is 0.346. The third kappa shape index (κ3) is 4.53. The van der Waals surface area contributed by atoms with Crippen LogP contribution in [0.25, 0.3) is 0 Å². The molecule has 2 saturated heterocycles. The maximum absolute atomic E-state index is 13.8. The van der Waals surface area contributed by atoms with Crippen molar-refractivity contribution in [1.82, 2.24) is 14.5 Å². The molecular weight excluding hydrogens is 569 g/mol. The van der Waals surface area contributed by atoms with Crippen LogP contribution in [0.1, 0.15) is 21.9 Å². The third-order valence-corrected chi connectivity index (χ3v) is 9.79. The highest BCUT2D eigenvalue weighted by molar-refractivity contribution is 8.00. The Morgan fingerprint density at radius 2 is 1.85 bits per heavy atom. The number of carbonyl (C=O) groups excluding carboxylic acids is 3. The second-order valence-electron chi connectivity index (χ2n) is 9.50. The van der Waals surface area contributed by atoms with Crippen LogP contribution in [0.4, 0.5) is 18.9 Å². The summed E-state index contributed by atoms with van der Waals surface area (Å²) < 4.78 is 46.9. The van der Waals surface area contributed by atoms with Gasteiger partial charge in [-0.15, -0.1) is 0 Å². The molecule has 0 radical (unpaired) electrons. The monoisotopic (exact) mass is 590 g/mol. The molecule has 3 aliphatic rings. The van der Waals surface area contributed by atoms with Crippen molar-refractivity contribution in [3.05, 3.63) is 74.5 Å². The van der Waals surface area contributed by atoms with Gasteiger partial charge in [-0.2, -0.15) is 13.2 Å². The number of hydrogen-bond donors (Lipinski definition) is 0. The molecule has 6 rings (SSSR count). The lowest BCUT2D eigenvalue weighted by molar-refractivity contribution is -0.138. The van der Waals surface area contributed by atoms with Gasteiger partial charge in [0.2, 0.25) is 17.7 Å². The summed E-state index contributed by atoms with van der Waals surface area (Å²) in [7, 11) is 0. The van der Waals surface area contributed by atoms with Crippen LogP contribution < -0.4 is 9.77 Å². The number of benzene rings is 1. The van der Waals surface area contributed by atoms with E-state index in [2.05, 4.69) is 4.98 Å². The molecule has 2 aromatic heterocycles. The molecule has 14 heteroatoms. The predicted molar refractivity (Wildman–Crippen MR) is 139 cm³/mol. The van der Waals surface area contributed by atoms with Gasteiger partial charge < -0.3 is 9.64 Å². The number of carbonyl (C=O) groups is 3. The van der Waals surface area contributed by atoms with Gasteiger partial charge in [-0.3, -0.25) is 28.7 Å². The summed E-state index contributed by atoms with van der Waals surface area (Å²) in [6, 6.07) is 7.49. The quantitative estimate of drug-likeness (QED) is 0.431. The van der Waals surface area contributed by atoms with E-state index in [0.717, 1.165) is 46.2 Å². The fourth-order valence-electron chi connectivity index (χ4n) is 5.30. The van der Waals surface area contributed by atoms with Gasteiger partial charge in [0, 0.05) is 36.3 Å². The van der Waals surface area contributed by atoms with Gasteiger partial charge >= 0.3 is 11.0 Å². The number of amides is 3. The average molecular weight is 591 g/mol. The summed E-state index contributed by atoms with van der Waals surface area (Å²) in [5.74, 6) is -3.34. The van der Waals surface area contributed by atoms with E-state index in [1.165, 1.54) is 10.6 Å². The summed E-state index contributed by atoms with van der Waals surface area (Å²) in [4.78, 5) is 60.4. The number of thioether (sulfide) groups is 1. The van der Waals surface area contributed by atoms with Crippen molar-refractivity contribution >= 4 is 46.5 Å². The lowest BCUT2D eigenvalue weighted by Crippen LogP contribution is -2.43. The molecule has 9 nitrogen and oxygen atoms in total. The van der Waals surface area contributed by atoms with Crippen LogP contribution in [0.3, 0.4) is 0 Å². The van der Waals surface area contributed by atoms with Gasteiger partial charge in [0.05, 0.1) is 35.4 Å². The van der Waals surface area contributed by atoms with Crippen LogP contribution in [-0.2, 0) is 31.8 Å². The Kier molecular flexibility index (Phi) is 6.79. The van der Waals surface area contributed by atoms with E-state index in [0.29, 0.717) is 41.8 Å². The molecule has 0 aliphatic carbocycles. The summed E-state index contributed by atoms with van der Waals surface area (Å²) in [5, 5.41) is -0.614. The molecule has 208 valence electrons.